The van der Waals surface area contributed by atoms with Crippen molar-refractivity contribution < 1.29 is 23.2 Å². The molecule has 0 amide bonds. The molecule has 1 heterocycles. The summed E-state index contributed by atoms with van der Waals surface area (Å²) >= 11 is 0. The number of aromatic nitrogens is 2. The molecule has 0 aliphatic rings. The maximum Gasteiger partial charge on any atom is 0.353 e. The number of nitrogen functional groups attached to an aromatic ring is 1. The van der Waals surface area contributed by atoms with Crippen LogP contribution in [0, 0.1) is 10.1 Å². The molecule has 0 saturated carbocycles. The standard InChI is InChI=1S/C10H15N5O6S/c1-2-22(20,21)4-3-6(10(16)17)14-9-7(15(18)19)8(11)12-5-13-9/h5-6H,2-4H2,1H3,(H,16,17)(H3,11,12,13,14). The smallest absolute Gasteiger partial charge is 0.353 e. The highest BCUT2D eigenvalue weighted by Gasteiger charge is 2.27. The Morgan fingerprint density at radius 2 is 2.18 bits per heavy atom. The zero-order valence-corrected chi connectivity index (χ0v) is 12.4. The Morgan fingerprint density at radius 3 is 2.68 bits per heavy atom. The topological polar surface area (TPSA) is 178 Å². The largest absolute Gasteiger partial charge is 0.480 e. The zero-order valence-electron chi connectivity index (χ0n) is 11.6. The molecule has 4 N–H and O–H groups in total. The number of aliphatic carboxylic acids is 1. The second-order valence-corrected chi connectivity index (χ2v) is 6.75. The molecule has 0 radical (unpaired) electrons. The minimum Gasteiger partial charge on any atom is -0.480 e. The number of nitro groups is 1. The summed E-state index contributed by atoms with van der Waals surface area (Å²) in [7, 11) is -3.37. The van der Waals surface area contributed by atoms with E-state index in [4.69, 9.17) is 10.8 Å². The fourth-order valence-electron chi connectivity index (χ4n) is 1.54. The van der Waals surface area contributed by atoms with E-state index in [0.29, 0.717) is 0 Å². The Labute approximate surface area is 125 Å². The van der Waals surface area contributed by atoms with Crippen molar-refractivity contribution in [2.45, 2.75) is 19.4 Å². The Bertz CT molecular complexity index is 676. The second-order valence-electron chi connectivity index (χ2n) is 4.27. The normalized spacial score (nSPS) is 12.6. The van der Waals surface area contributed by atoms with E-state index in [1.165, 1.54) is 6.92 Å². The van der Waals surface area contributed by atoms with Crippen LogP contribution in [0.3, 0.4) is 0 Å². The van der Waals surface area contributed by atoms with Crippen LogP contribution in [0.15, 0.2) is 6.33 Å². The van der Waals surface area contributed by atoms with E-state index in [9.17, 15) is 23.3 Å². The number of anilines is 2. The van der Waals surface area contributed by atoms with Crippen LogP contribution < -0.4 is 11.1 Å². The number of rotatable bonds is 8. The van der Waals surface area contributed by atoms with Crippen molar-refractivity contribution in [2.24, 2.45) is 0 Å². The van der Waals surface area contributed by atoms with Gasteiger partial charge < -0.3 is 16.2 Å². The number of nitrogens with zero attached hydrogens (tertiary/aromatic N) is 3. The zero-order chi connectivity index (χ0) is 16.9. The van der Waals surface area contributed by atoms with Gasteiger partial charge in [-0.05, 0) is 6.42 Å². The van der Waals surface area contributed by atoms with Crippen molar-refractivity contribution in [3.63, 3.8) is 0 Å². The van der Waals surface area contributed by atoms with E-state index in [0.717, 1.165) is 6.33 Å². The molecule has 22 heavy (non-hydrogen) atoms. The van der Waals surface area contributed by atoms with Crippen LogP contribution in [0.25, 0.3) is 0 Å². The monoisotopic (exact) mass is 333 g/mol. The molecule has 1 aromatic rings. The maximum absolute atomic E-state index is 11.4. The van der Waals surface area contributed by atoms with Crippen LogP contribution in [-0.2, 0) is 14.6 Å². The van der Waals surface area contributed by atoms with Gasteiger partial charge in [0, 0.05) is 5.75 Å². The van der Waals surface area contributed by atoms with Crippen molar-refractivity contribution in [1.29, 1.82) is 0 Å². The van der Waals surface area contributed by atoms with Crippen molar-refractivity contribution >= 4 is 33.1 Å². The van der Waals surface area contributed by atoms with E-state index >= 15 is 0 Å². The number of carboxylic acids is 1. The third-order valence-corrected chi connectivity index (χ3v) is 4.54. The van der Waals surface area contributed by atoms with Crippen molar-refractivity contribution in [3.05, 3.63) is 16.4 Å². The number of hydrogen-bond donors (Lipinski definition) is 3. The number of sulfone groups is 1. The summed E-state index contributed by atoms with van der Waals surface area (Å²) in [6, 6.07) is -1.37. The van der Waals surface area contributed by atoms with Gasteiger partial charge in [0.1, 0.15) is 22.2 Å². The van der Waals surface area contributed by atoms with Crippen LogP contribution in [0.5, 0.6) is 0 Å². The molecule has 0 fully saturated rings. The summed E-state index contributed by atoms with van der Waals surface area (Å²) < 4.78 is 22.9. The Kier molecular flexibility index (Phi) is 5.56. The average Bonchev–Trinajstić information content (AvgIpc) is 2.42. The van der Waals surface area contributed by atoms with E-state index in [-0.39, 0.29) is 23.7 Å². The lowest BCUT2D eigenvalue weighted by Crippen LogP contribution is -2.32. The minimum atomic E-state index is -3.37. The van der Waals surface area contributed by atoms with Gasteiger partial charge in [0.05, 0.1) is 10.7 Å². The molecule has 1 rings (SSSR count). The highest BCUT2D eigenvalue weighted by molar-refractivity contribution is 7.91. The fourth-order valence-corrected chi connectivity index (χ4v) is 2.43. The summed E-state index contributed by atoms with van der Waals surface area (Å²) in [5, 5.41) is 22.3. The van der Waals surface area contributed by atoms with Crippen LogP contribution in [-0.4, -0.2) is 51.9 Å². The molecule has 0 aromatic carbocycles. The molecule has 0 bridgehead atoms. The van der Waals surface area contributed by atoms with Gasteiger partial charge in [-0.2, -0.15) is 0 Å². The van der Waals surface area contributed by atoms with E-state index in [1.807, 2.05) is 0 Å². The lowest BCUT2D eigenvalue weighted by molar-refractivity contribution is -0.383. The fraction of sp³-hybridized carbons (Fsp3) is 0.500. The summed E-state index contributed by atoms with van der Waals surface area (Å²) in [6.07, 6.45) is 0.666. The molecule has 1 aromatic heterocycles. The molecule has 1 atom stereocenters. The molecule has 12 heteroatoms. The Morgan fingerprint density at radius 1 is 1.55 bits per heavy atom. The summed E-state index contributed by atoms with van der Waals surface area (Å²) in [4.78, 5) is 28.3. The molecule has 0 spiro atoms. The quantitative estimate of drug-likeness (QED) is 0.420. The third-order valence-electron chi connectivity index (χ3n) is 2.80. The third kappa shape index (κ3) is 4.51. The second kappa shape index (κ2) is 6.98. The lowest BCUT2D eigenvalue weighted by Gasteiger charge is -2.15. The van der Waals surface area contributed by atoms with Gasteiger partial charge in [-0.3, -0.25) is 10.1 Å². The first kappa shape index (κ1) is 17.6. The van der Waals surface area contributed by atoms with Gasteiger partial charge in [0.15, 0.2) is 0 Å². The molecular weight excluding hydrogens is 318 g/mol. The SMILES string of the molecule is CCS(=O)(=O)CCC(Nc1ncnc(N)c1[N+](=O)[O-])C(=O)O. The van der Waals surface area contributed by atoms with E-state index < -0.39 is 38.3 Å². The van der Waals surface area contributed by atoms with Gasteiger partial charge in [0.25, 0.3) is 0 Å². The van der Waals surface area contributed by atoms with E-state index in [2.05, 4.69) is 15.3 Å². The Hall–Kier alpha value is -2.50. The van der Waals surface area contributed by atoms with Gasteiger partial charge in [-0.25, -0.2) is 23.2 Å². The predicted molar refractivity (Wildman–Crippen MR) is 77.1 cm³/mol. The van der Waals surface area contributed by atoms with Crippen LogP contribution in [0.2, 0.25) is 0 Å². The number of carbonyl (C=O) groups is 1. The summed E-state index contributed by atoms with van der Waals surface area (Å²) in [5.74, 6) is -2.66. The molecule has 0 saturated heterocycles. The van der Waals surface area contributed by atoms with Crippen molar-refractivity contribution in [3.8, 4) is 0 Å². The molecule has 11 nitrogen and oxygen atoms in total. The highest BCUT2D eigenvalue weighted by atomic mass is 32.2. The first-order valence-corrected chi connectivity index (χ1v) is 7.94. The first-order chi connectivity index (χ1) is 10.2. The molecular formula is C10H15N5O6S. The first-order valence-electron chi connectivity index (χ1n) is 6.12. The highest BCUT2D eigenvalue weighted by Crippen LogP contribution is 2.27. The van der Waals surface area contributed by atoms with Crippen molar-refractivity contribution in [2.75, 3.05) is 22.6 Å². The van der Waals surface area contributed by atoms with Gasteiger partial charge >= 0.3 is 11.7 Å². The van der Waals surface area contributed by atoms with Gasteiger partial charge in [-0.15, -0.1) is 0 Å². The predicted octanol–water partition coefficient (Wildman–Crippen LogP) is -0.343. The molecule has 0 aliphatic carbocycles. The summed E-state index contributed by atoms with van der Waals surface area (Å²) in [6.45, 7) is 1.44. The van der Waals surface area contributed by atoms with Crippen molar-refractivity contribution in [1.82, 2.24) is 9.97 Å². The van der Waals surface area contributed by atoms with Gasteiger partial charge in [0.2, 0.25) is 11.6 Å². The maximum atomic E-state index is 11.4. The molecule has 122 valence electrons. The van der Waals surface area contributed by atoms with Gasteiger partial charge in [-0.1, -0.05) is 6.92 Å². The number of carboxylic acid groups (broad SMARTS) is 1. The minimum absolute atomic E-state index is 0.125. The average molecular weight is 333 g/mol. The lowest BCUT2D eigenvalue weighted by atomic mass is 10.2. The van der Waals surface area contributed by atoms with E-state index in [1.54, 1.807) is 0 Å². The summed E-state index contributed by atoms with van der Waals surface area (Å²) in [5.41, 5.74) is 4.70. The number of hydrogen-bond acceptors (Lipinski definition) is 9. The Balaban J connectivity index is 3.00. The molecule has 1 unspecified atom stereocenters. The van der Waals surface area contributed by atoms with Crippen LogP contribution in [0.1, 0.15) is 13.3 Å². The number of nitrogens with two attached hydrogens (primary N) is 1. The van der Waals surface area contributed by atoms with Crippen LogP contribution >= 0.6 is 0 Å². The molecule has 0 aliphatic heterocycles. The number of nitrogens with one attached hydrogen (secondary N) is 1. The van der Waals surface area contributed by atoms with Crippen LogP contribution in [0.4, 0.5) is 17.3 Å².